The number of ketones is 2. The number of allylic oxidation sites excluding steroid dienone is 2. The average Bonchev–Trinajstić information content (AvgIpc) is 2.77. The van der Waals surface area contributed by atoms with E-state index in [9.17, 15) is 9.59 Å². The second-order valence-electron chi connectivity index (χ2n) is 6.25. The third-order valence-corrected chi connectivity index (χ3v) is 5.51. The molecule has 1 unspecified atom stereocenters. The van der Waals surface area contributed by atoms with Gasteiger partial charge in [-0.05, 0) is 23.5 Å². The van der Waals surface area contributed by atoms with Gasteiger partial charge in [0.2, 0.25) is 5.78 Å². The molecule has 0 bridgehead atoms. The second-order valence-corrected chi connectivity index (χ2v) is 6.25. The first-order valence-corrected chi connectivity index (χ1v) is 7.01. The zero-order valence-electron chi connectivity index (χ0n) is 11.6. The van der Waals surface area contributed by atoms with Gasteiger partial charge in [0.05, 0.1) is 12.5 Å². The Balaban J connectivity index is 1.86. The number of benzene rings is 1. The first kappa shape index (κ1) is 11.9. The van der Waals surface area contributed by atoms with Gasteiger partial charge in [0, 0.05) is 17.9 Å². The molecule has 1 aromatic rings. The molecular weight excluding hydrogens is 252 g/mol. The minimum Gasteiger partial charge on any atom is -0.493 e. The van der Waals surface area contributed by atoms with Crippen molar-refractivity contribution >= 4 is 11.6 Å². The van der Waals surface area contributed by atoms with E-state index >= 15 is 0 Å². The number of rotatable bonds is 1. The highest BCUT2D eigenvalue weighted by atomic mass is 16.5. The van der Waals surface area contributed by atoms with E-state index in [0.717, 1.165) is 6.42 Å². The highest BCUT2D eigenvalue weighted by molar-refractivity contribution is 6.13. The summed E-state index contributed by atoms with van der Waals surface area (Å²) in [5.41, 5.74) is 1.92. The fourth-order valence-electron chi connectivity index (χ4n) is 4.71. The van der Waals surface area contributed by atoms with Crippen LogP contribution in [0.5, 0.6) is 0 Å². The van der Waals surface area contributed by atoms with Gasteiger partial charge >= 0.3 is 0 Å². The van der Waals surface area contributed by atoms with Gasteiger partial charge in [0.15, 0.2) is 11.5 Å². The lowest BCUT2D eigenvalue weighted by Gasteiger charge is -2.57. The standard InChI is InChI=1S/C17H16O3/c1-17-14-10-6-4-3-5-9(10)7-11(14)15(17)12(18)8-13(20-2)16(17)19/h3-6,8,11,14-15H,7H2,1-2H3/t11-,14+,15?,17-/m0/s1. The number of Topliss-reactive ketones (excluding diaryl/α,β-unsaturated/α-hetero) is 1. The Morgan fingerprint density at radius 1 is 1.20 bits per heavy atom. The molecule has 1 fully saturated rings. The van der Waals surface area contributed by atoms with E-state index in [1.54, 1.807) is 0 Å². The minimum absolute atomic E-state index is 0.0115. The molecule has 102 valence electrons. The van der Waals surface area contributed by atoms with Crippen LogP contribution in [0, 0.1) is 17.3 Å². The van der Waals surface area contributed by atoms with Crippen molar-refractivity contribution in [2.24, 2.45) is 17.3 Å². The second kappa shape index (κ2) is 3.60. The van der Waals surface area contributed by atoms with Gasteiger partial charge in [0.1, 0.15) is 0 Å². The highest BCUT2D eigenvalue weighted by Crippen LogP contribution is 2.68. The Morgan fingerprint density at radius 3 is 2.70 bits per heavy atom. The predicted octanol–water partition coefficient (Wildman–Crippen LogP) is 2.26. The molecule has 0 amide bonds. The third-order valence-electron chi connectivity index (χ3n) is 5.51. The number of carbonyl (C=O) groups is 2. The molecule has 0 aliphatic heterocycles. The normalized spacial score (nSPS) is 37.5. The smallest absolute Gasteiger partial charge is 0.204 e. The van der Waals surface area contributed by atoms with Gasteiger partial charge in [-0.3, -0.25) is 9.59 Å². The lowest BCUT2D eigenvalue weighted by molar-refractivity contribution is -0.158. The van der Waals surface area contributed by atoms with Gasteiger partial charge < -0.3 is 4.74 Å². The summed E-state index contributed by atoms with van der Waals surface area (Å²) in [5.74, 6) is 0.533. The van der Waals surface area contributed by atoms with E-state index in [1.807, 2.05) is 19.1 Å². The molecule has 0 aromatic heterocycles. The molecule has 1 aromatic carbocycles. The molecule has 4 atom stereocenters. The molecule has 20 heavy (non-hydrogen) atoms. The van der Waals surface area contributed by atoms with Gasteiger partial charge in [0.25, 0.3) is 0 Å². The number of methoxy groups -OCH3 is 1. The molecule has 1 saturated carbocycles. The zero-order chi connectivity index (χ0) is 14.1. The maximum Gasteiger partial charge on any atom is 0.204 e. The van der Waals surface area contributed by atoms with Crippen molar-refractivity contribution in [2.45, 2.75) is 19.3 Å². The molecule has 0 N–H and O–H groups in total. The van der Waals surface area contributed by atoms with E-state index in [4.69, 9.17) is 4.74 Å². The lowest BCUT2D eigenvalue weighted by atomic mass is 9.43. The van der Waals surface area contributed by atoms with E-state index in [1.165, 1.54) is 24.3 Å². The summed E-state index contributed by atoms with van der Waals surface area (Å²) in [6, 6.07) is 8.25. The molecule has 0 spiro atoms. The number of hydrogen-bond donors (Lipinski definition) is 0. The van der Waals surface area contributed by atoms with Crippen LogP contribution in [0.15, 0.2) is 36.1 Å². The number of ether oxygens (including phenoxy) is 1. The Morgan fingerprint density at radius 2 is 1.95 bits per heavy atom. The van der Waals surface area contributed by atoms with E-state index < -0.39 is 5.41 Å². The summed E-state index contributed by atoms with van der Waals surface area (Å²) in [4.78, 5) is 25.1. The van der Waals surface area contributed by atoms with Crippen molar-refractivity contribution in [3.63, 3.8) is 0 Å². The van der Waals surface area contributed by atoms with E-state index in [0.29, 0.717) is 0 Å². The van der Waals surface area contributed by atoms with Gasteiger partial charge in [-0.15, -0.1) is 0 Å². The number of carbonyl (C=O) groups excluding carboxylic acids is 2. The molecular formula is C17H16O3. The summed E-state index contributed by atoms with van der Waals surface area (Å²) in [5, 5.41) is 0. The molecule has 3 aliphatic rings. The van der Waals surface area contributed by atoms with Crippen molar-refractivity contribution in [3.05, 3.63) is 47.2 Å². The number of fused-ring (bicyclic) bond motifs is 6. The zero-order valence-corrected chi connectivity index (χ0v) is 11.6. The molecule has 4 rings (SSSR count). The van der Waals surface area contributed by atoms with Crippen LogP contribution in [-0.2, 0) is 20.7 Å². The lowest BCUT2D eigenvalue weighted by Crippen LogP contribution is -2.61. The van der Waals surface area contributed by atoms with Gasteiger partial charge in [-0.1, -0.05) is 31.2 Å². The van der Waals surface area contributed by atoms with Gasteiger partial charge in [-0.2, -0.15) is 0 Å². The topological polar surface area (TPSA) is 43.4 Å². The maximum atomic E-state index is 12.7. The van der Waals surface area contributed by atoms with Crippen molar-refractivity contribution < 1.29 is 14.3 Å². The summed E-state index contributed by atoms with van der Waals surface area (Å²) < 4.78 is 5.12. The summed E-state index contributed by atoms with van der Waals surface area (Å²) >= 11 is 0. The first-order chi connectivity index (χ1) is 9.59. The Labute approximate surface area is 117 Å². The van der Waals surface area contributed by atoms with Crippen molar-refractivity contribution in [3.8, 4) is 0 Å². The predicted molar refractivity (Wildman–Crippen MR) is 73.1 cm³/mol. The van der Waals surface area contributed by atoms with Crippen LogP contribution < -0.4 is 0 Å². The van der Waals surface area contributed by atoms with Crippen LogP contribution in [0.4, 0.5) is 0 Å². The summed E-state index contributed by atoms with van der Waals surface area (Å²) in [7, 11) is 1.46. The Hall–Kier alpha value is -1.90. The van der Waals surface area contributed by atoms with Crippen LogP contribution in [-0.4, -0.2) is 18.7 Å². The van der Waals surface area contributed by atoms with Crippen LogP contribution in [0.2, 0.25) is 0 Å². The SMILES string of the molecule is COC1=CC(=O)C2[C@H]3Cc4ccccc4[C@H]3[C@]2(C)C1=O. The maximum absolute atomic E-state index is 12.7. The van der Waals surface area contributed by atoms with Crippen LogP contribution in [0.3, 0.4) is 0 Å². The molecule has 0 heterocycles. The fourth-order valence-corrected chi connectivity index (χ4v) is 4.71. The molecule has 0 radical (unpaired) electrons. The monoisotopic (exact) mass is 268 g/mol. The summed E-state index contributed by atoms with van der Waals surface area (Å²) in [6.07, 6.45) is 2.31. The van der Waals surface area contributed by atoms with E-state index in [2.05, 4.69) is 12.1 Å². The highest BCUT2D eigenvalue weighted by Gasteiger charge is 2.69. The molecule has 3 nitrogen and oxygen atoms in total. The summed E-state index contributed by atoms with van der Waals surface area (Å²) in [6.45, 7) is 1.94. The Bertz CT molecular complexity index is 673. The third kappa shape index (κ3) is 1.13. The number of hydrogen-bond acceptors (Lipinski definition) is 3. The first-order valence-electron chi connectivity index (χ1n) is 7.01. The van der Waals surface area contributed by atoms with Crippen molar-refractivity contribution in [1.29, 1.82) is 0 Å². The Kier molecular flexibility index (Phi) is 2.14. The average molecular weight is 268 g/mol. The van der Waals surface area contributed by atoms with Crippen LogP contribution in [0.1, 0.15) is 24.0 Å². The van der Waals surface area contributed by atoms with Gasteiger partial charge in [-0.25, -0.2) is 0 Å². The molecule has 3 heteroatoms. The van der Waals surface area contributed by atoms with Crippen molar-refractivity contribution in [2.75, 3.05) is 7.11 Å². The van der Waals surface area contributed by atoms with Crippen LogP contribution >= 0.6 is 0 Å². The van der Waals surface area contributed by atoms with E-state index in [-0.39, 0.29) is 35.1 Å². The fraction of sp³-hybridized carbons (Fsp3) is 0.412. The minimum atomic E-state index is -0.617. The van der Waals surface area contributed by atoms with Crippen molar-refractivity contribution in [1.82, 2.24) is 0 Å². The van der Waals surface area contributed by atoms with Crippen LogP contribution in [0.25, 0.3) is 0 Å². The quantitative estimate of drug-likeness (QED) is 0.784. The molecule has 0 saturated heterocycles. The molecule has 3 aliphatic carbocycles. The largest absolute Gasteiger partial charge is 0.493 e.